The minimum Gasteiger partial charge on any atom is -0.389 e. The van der Waals surface area contributed by atoms with Crippen LogP contribution in [0.3, 0.4) is 0 Å². The van der Waals surface area contributed by atoms with E-state index < -0.39 is 5.60 Å². The fraction of sp³-hybridized carbons (Fsp3) is 0.800. The molecule has 4 nitrogen and oxygen atoms in total. The van der Waals surface area contributed by atoms with Crippen molar-refractivity contribution in [1.29, 1.82) is 0 Å². The fourth-order valence-corrected chi connectivity index (χ4v) is 4.20. The van der Waals surface area contributed by atoms with Gasteiger partial charge in [0.1, 0.15) is 0 Å². The average Bonchev–Trinajstić information content (AvgIpc) is 2.75. The van der Waals surface area contributed by atoms with Gasteiger partial charge >= 0.3 is 0 Å². The predicted octanol–water partition coefficient (Wildman–Crippen LogP) is 1.89. The fourth-order valence-electron chi connectivity index (χ4n) is 2.94. The molecular weight excluding hydrogens is 270 g/mol. The largest absolute Gasteiger partial charge is 0.389 e. The molecule has 0 unspecified atom stereocenters. The number of hydrogen-bond donors (Lipinski definition) is 2. The Morgan fingerprint density at radius 1 is 1.30 bits per heavy atom. The molecule has 20 heavy (non-hydrogen) atoms. The first kappa shape index (κ1) is 15.9. The van der Waals surface area contributed by atoms with Gasteiger partial charge in [0.15, 0.2) is 0 Å². The highest BCUT2D eigenvalue weighted by atomic mass is 32.2. The van der Waals surface area contributed by atoms with Gasteiger partial charge in [0.05, 0.1) is 11.3 Å². The summed E-state index contributed by atoms with van der Waals surface area (Å²) in [5.41, 5.74) is 3.31. The lowest BCUT2D eigenvalue weighted by Crippen LogP contribution is -2.43. The van der Waals surface area contributed by atoms with Crippen LogP contribution in [0.5, 0.6) is 0 Å². The number of aromatic nitrogens is 2. The maximum Gasteiger partial charge on any atom is 0.0787 e. The molecule has 0 spiro atoms. The molecule has 2 N–H and O–H groups in total. The Labute approximate surface area is 126 Å². The number of thioether (sulfide) groups is 1. The molecule has 1 saturated heterocycles. The maximum absolute atomic E-state index is 10.5. The molecule has 0 radical (unpaired) electrons. The molecule has 5 heteroatoms. The van der Waals surface area contributed by atoms with E-state index in [4.69, 9.17) is 0 Å². The number of nitrogens with one attached hydrogen (secondary N) is 1. The van der Waals surface area contributed by atoms with Crippen LogP contribution in [0.25, 0.3) is 0 Å². The summed E-state index contributed by atoms with van der Waals surface area (Å²) in [5.74, 6) is 2.15. The topological polar surface area (TPSA) is 50.1 Å². The van der Waals surface area contributed by atoms with Crippen LogP contribution in [0, 0.1) is 0 Å². The molecule has 0 saturated carbocycles. The second kappa shape index (κ2) is 6.96. The van der Waals surface area contributed by atoms with Gasteiger partial charge in [-0.15, -0.1) is 0 Å². The second-order valence-corrected chi connectivity index (χ2v) is 6.87. The lowest BCUT2D eigenvalue weighted by molar-refractivity contribution is 0.0320. The van der Waals surface area contributed by atoms with E-state index in [-0.39, 0.29) is 0 Å². The zero-order valence-corrected chi connectivity index (χ0v) is 13.7. The Hall–Kier alpha value is -0.520. The summed E-state index contributed by atoms with van der Waals surface area (Å²) >= 11 is 1.94. The summed E-state index contributed by atoms with van der Waals surface area (Å²) in [6.45, 7) is 5.83. The summed E-state index contributed by atoms with van der Waals surface area (Å²) in [6.07, 6.45) is 3.77. The van der Waals surface area contributed by atoms with E-state index in [0.29, 0.717) is 6.54 Å². The van der Waals surface area contributed by atoms with Crippen molar-refractivity contribution >= 4 is 11.8 Å². The van der Waals surface area contributed by atoms with Gasteiger partial charge in [0.2, 0.25) is 0 Å². The summed E-state index contributed by atoms with van der Waals surface area (Å²) in [4.78, 5) is 0. The summed E-state index contributed by atoms with van der Waals surface area (Å²) < 4.78 is 2.00. The van der Waals surface area contributed by atoms with Crippen LogP contribution in [-0.2, 0) is 26.4 Å². The number of nitrogens with zero attached hydrogens (tertiary/aromatic N) is 2. The van der Waals surface area contributed by atoms with E-state index in [1.807, 2.05) is 23.5 Å². The molecule has 1 aliphatic rings. The Morgan fingerprint density at radius 2 is 2.00 bits per heavy atom. The third-order valence-electron chi connectivity index (χ3n) is 4.21. The van der Waals surface area contributed by atoms with Crippen LogP contribution >= 0.6 is 11.8 Å². The minimum atomic E-state index is -0.508. The van der Waals surface area contributed by atoms with Crippen molar-refractivity contribution in [3.8, 4) is 0 Å². The van der Waals surface area contributed by atoms with E-state index in [2.05, 4.69) is 24.3 Å². The molecule has 1 aliphatic heterocycles. The van der Waals surface area contributed by atoms with Crippen LogP contribution < -0.4 is 5.32 Å². The lowest BCUT2D eigenvalue weighted by atomic mass is 9.96. The van der Waals surface area contributed by atoms with Gasteiger partial charge in [-0.3, -0.25) is 4.68 Å². The van der Waals surface area contributed by atoms with E-state index >= 15 is 0 Å². The Kier molecular flexibility index (Phi) is 5.52. The smallest absolute Gasteiger partial charge is 0.0787 e. The third-order valence-corrected chi connectivity index (χ3v) is 5.19. The van der Waals surface area contributed by atoms with Crippen LogP contribution in [0.15, 0.2) is 0 Å². The zero-order chi connectivity index (χ0) is 14.6. The number of aryl methyl sites for hydroxylation is 2. The summed E-state index contributed by atoms with van der Waals surface area (Å²) in [7, 11) is 2.02. The molecule has 1 fully saturated rings. The average molecular weight is 297 g/mol. The Bertz CT molecular complexity index is 439. The molecule has 2 heterocycles. The highest BCUT2D eigenvalue weighted by Gasteiger charge is 2.29. The molecule has 1 aromatic rings. The van der Waals surface area contributed by atoms with E-state index in [9.17, 15) is 5.11 Å². The zero-order valence-electron chi connectivity index (χ0n) is 12.9. The Balaban J connectivity index is 1.96. The number of aliphatic hydroxyl groups is 1. The van der Waals surface area contributed by atoms with Crippen LogP contribution in [0.4, 0.5) is 0 Å². The molecular formula is C15H27N3OS. The van der Waals surface area contributed by atoms with Crippen molar-refractivity contribution < 1.29 is 5.11 Å². The van der Waals surface area contributed by atoms with Gasteiger partial charge in [0, 0.05) is 31.4 Å². The summed E-state index contributed by atoms with van der Waals surface area (Å²) in [6, 6.07) is 0. The van der Waals surface area contributed by atoms with Gasteiger partial charge in [-0.05, 0) is 37.2 Å². The highest BCUT2D eigenvalue weighted by molar-refractivity contribution is 7.99. The maximum atomic E-state index is 10.5. The highest BCUT2D eigenvalue weighted by Crippen LogP contribution is 2.26. The van der Waals surface area contributed by atoms with Crippen LogP contribution in [0.1, 0.15) is 43.6 Å². The van der Waals surface area contributed by atoms with Crippen molar-refractivity contribution in [2.75, 3.05) is 18.1 Å². The van der Waals surface area contributed by atoms with Gasteiger partial charge < -0.3 is 10.4 Å². The molecule has 1 aromatic heterocycles. The van der Waals surface area contributed by atoms with E-state index in [1.54, 1.807) is 0 Å². The quantitative estimate of drug-likeness (QED) is 0.842. The first-order valence-electron chi connectivity index (χ1n) is 7.64. The number of hydrogen-bond acceptors (Lipinski definition) is 4. The van der Waals surface area contributed by atoms with Crippen molar-refractivity contribution in [2.24, 2.45) is 7.05 Å². The van der Waals surface area contributed by atoms with Crippen molar-refractivity contribution in [1.82, 2.24) is 15.1 Å². The first-order valence-corrected chi connectivity index (χ1v) is 8.79. The van der Waals surface area contributed by atoms with Crippen LogP contribution in [0.2, 0.25) is 0 Å². The SMILES string of the molecule is CCc1nn(C)c(CC)c1CNCC1(O)CCSCC1. The minimum absolute atomic E-state index is 0.508. The van der Waals surface area contributed by atoms with Gasteiger partial charge in [-0.25, -0.2) is 0 Å². The third kappa shape index (κ3) is 3.57. The first-order chi connectivity index (χ1) is 9.59. The molecule has 0 aliphatic carbocycles. The molecule has 114 valence electrons. The van der Waals surface area contributed by atoms with Crippen molar-refractivity contribution in [3.63, 3.8) is 0 Å². The van der Waals surface area contributed by atoms with Gasteiger partial charge in [-0.1, -0.05) is 13.8 Å². The standard InChI is InChI=1S/C15H27N3OS/c1-4-13-12(14(5-2)18(3)17-13)10-16-11-15(19)6-8-20-9-7-15/h16,19H,4-11H2,1-3H3. The van der Waals surface area contributed by atoms with Gasteiger partial charge in [-0.2, -0.15) is 16.9 Å². The Morgan fingerprint density at radius 3 is 2.60 bits per heavy atom. The van der Waals surface area contributed by atoms with E-state index in [0.717, 1.165) is 43.7 Å². The summed E-state index contributed by atoms with van der Waals surface area (Å²) in [5, 5.41) is 18.6. The van der Waals surface area contributed by atoms with Crippen molar-refractivity contribution in [3.05, 3.63) is 17.0 Å². The molecule has 0 aromatic carbocycles. The number of rotatable bonds is 6. The second-order valence-electron chi connectivity index (χ2n) is 5.64. The molecule has 0 atom stereocenters. The predicted molar refractivity (Wildman–Crippen MR) is 85.2 cm³/mol. The van der Waals surface area contributed by atoms with Crippen LogP contribution in [-0.4, -0.2) is 38.5 Å². The van der Waals surface area contributed by atoms with Gasteiger partial charge in [0.25, 0.3) is 0 Å². The molecule has 2 rings (SSSR count). The van der Waals surface area contributed by atoms with E-state index in [1.165, 1.54) is 17.0 Å². The lowest BCUT2D eigenvalue weighted by Gasteiger charge is -2.32. The normalized spacial score (nSPS) is 18.4. The van der Waals surface area contributed by atoms with Crippen molar-refractivity contribution in [2.45, 2.75) is 51.7 Å². The molecule has 0 amide bonds. The molecule has 0 bridgehead atoms. The monoisotopic (exact) mass is 297 g/mol.